The molecule has 0 radical (unpaired) electrons. The highest BCUT2D eigenvalue weighted by Gasteiger charge is 2.13. The highest BCUT2D eigenvalue weighted by atomic mass is 32.1. The molecule has 106 valence electrons. The fraction of sp³-hybridized carbons (Fsp3) is 0.125. The van der Waals surface area contributed by atoms with Crippen molar-refractivity contribution in [2.75, 3.05) is 0 Å². The number of rotatable bonds is 2. The maximum absolute atomic E-state index is 5.96. The number of hydrogen-bond donors (Lipinski definition) is 2. The smallest absolute Gasteiger partial charge is 0.184 e. The zero-order valence-corrected chi connectivity index (χ0v) is 12.6. The number of thiocarbonyl (C=S) groups is 1. The number of furan rings is 1. The highest BCUT2D eigenvalue weighted by molar-refractivity contribution is 7.80. The van der Waals surface area contributed by atoms with Crippen LogP contribution in [0.1, 0.15) is 16.7 Å². The summed E-state index contributed by atoms with van der Waals surface area (Å²) in [5.74, 6) is 0. The topological polar surface area (TPSA) is 63.5 Å². The third-order valence-electron chi connectivity index (χ3n) is 3.51. The number of nitrogens with one attached hydrogen (secondary N) is 1. The molecule has 0 aliphatic carbocycles. The number of benzene rings is 2. The van der Waals surface area contributed by atoms with Crippen LogP contribution in [0.4, 0.5) is 0 Å². The van der Waals surface area contributed by atoms with Crippen molar-refractivity contribution in [3.63, 3.8) is 0 Å². The van der Waals surface area contributed by atoms with Crippen molar-refractivity contribution in [2.45, 2.75) is 13.8 Å². The van der Waals surface area contributed by atoms with Crippen LogP contribution in [0.15, 0.2) is 39.9 Å². The van der Waals surface area contributed by atoms with Crippen LogP contribution in [0.3, 0.4) is 0 Å². The molecule has 21 heavy (non-hydrogen) atoms. The number of fused-ring (bicyclic) bond motifs is 3. The summed E-state index contributed by atoms with van der Waals surface area (Å²) in [5.41, 5.74) is 13.0. The van der Waals surface area contributed by atoms with Crippen molar-refractivity contribution >= 4 is 45.5 Å². The van der Waals surface area contributed by atoms with Gasteiger partial charge in [-0.05, 0) is 54.9 Å². The zero-order valence-electron chi connectivity index (χ0n) is 11.8. The minimum atomic E-state index is 0.149. The van der Waals surface area contributed by atoms with E-state index in [2.05, 4.69) is 23.5 Å². The molecule has 0 saturated carbocycles. The lowest BCUT2D eigenvalue weighted by atomic mass is 9.99. The standard InChI is InChI=1S/C16H15N3OS/c1-9-7-11(8-18-19-16(17)21)10(2)14-12-5-3-4-6-13(12)20-15(9)14/h3-8H,1-2H3,(H3,17,19,21)/b18-8-. The largest absolute Gasteiger partial charge is 0.456 e. The van der Waals surface area contributed by atoms with Gasteiger partial charge in [-0.1, -0.05) is 18.2 Å². The Labute approximate surface area is 127 Å². The molecule has 0 bridgehead atoms. The fourth-order valence-corrected chi connectivity index (χ4v) is 2.60. The first-order chi connectivity index (χ1) is 10.1. The first-order valence-corrected chi connectivity index (χ1v) is 6.98. The van der Waals surface area contributed by atoms with E-state index in [0.29, 0.717) is 0 Å². The van der Waals surface area contributed by atoms with Crippen LogP contribution in [-0.2, 0) is 0 Å². The number of para-hydroxylation sites is 1. The summed E-state index contributed by atoms with van der Waals surface area (Å²) in [4.78, 5) is 0. The predicted octanol–water partition coefficient (Wildman–Crippen LogP) is 3.37. The van der Waals surface area contributed by atoms with Crippen LogP contribution >= 0.6 is 12.2 Å². The maximum Gasteiger partial charge on any atom is 0.184 e. The Morgan fingerprint density at radius 2 is 2.10 bits per heavy atom. The Hall–Kier alpha value is -2.40. The molecule has 5 heteroatoms. The van der Waals surface area contributed by atoms with E-state index in [1.807, 2.05) is 31.2 Å². The van der Waals surface area contributed by atoms with Gasteiger partial charge in [-0.15, -0.1) is 0 Å². The van der Waals surface area contributed by atoms with Crippen LogP contribution in [-0.4, -0.2) is 11.3 Å². The molecule has 0 spiro atoms. The minimum Gasteiger partial charge on any atom is -0.456 e. The summed E-state index contributed by atoms with van der Waals surface area (Å²) in [5, 5.41) is 6.43. The van der Waals surface area contributed by atoms with Gasteiger partial charge >= 0.3 is 0 Å². The Balaban J connectivity index is 2.24. The van der Waals surface area contributed by atoms with Gasteiger partial charge in [0.15, 0.2) is 5.11 Å². The molecular formula is C16H15N3OS. The first-order valence-electron chi connectivity index (χ1n) is 6.58. The van der Waals surface area contributed by atoms with Gasteiger partial charge in [0.1, 0.15) is 11.2 Å². The molecule has 1 aromatic heterocycles. The van der Waals surface area contributed by atoms with Gasteiger partial charge < -0.3 is 10.2 Å². The zero-order chi connectivity index (χ0) is 15.0. The average molecular weight is 297 g/mol. The molecule has 0 saturated heterocycles. The molecule has 4 nitrogen and oxygen atoms in total. The normalized spacial score (nSPS) is 11.5. The van der Waals surface area contributed by atoms with E-state index in [1.165, 1.54) is 0 Å². The molecule has 1 heterocycles. The van der Waals surface area contributed by atoms with E-state index >= 15 is 0 Å². The third kappa shape index (κ3) is 2.36. The van der Waals surface area contributed by atoms with Crippen LogP contribution in [0.2, 0.25) is 0 Å². The van der Waals surface area contributed by atoms with Gasteiger partial charge in [0, 0.05) is 10.8 Å². The number of hydrogen-bond acceptors (Lipinski definition) is 3. The summed E-state index contributed by atoms with van der Waals surface area (Å²) in [6.45, 7) is 4.09. The molecule has 3 aromatic rings. The molecule has 0 fully saturated rings. The Bertz CT molecular complexity index is 880. The van der Waals surface area contributed by atoms with Crippen molar-refractivity contribution in [3.8, 4) is 0 Å². The number of nitrogens with zero attached hydrogens (tertiary/aromatic N) is 1. The number of aryl methyl sites for hydroxylation is 2. The second kappa shape index (κ2) is 5.18. The first kappa shape index (κ1) is 13.6. The Morgan fingerprint density at radius 1 is 1.33 bits per heavy atom. The van der Waals surface area contributed by atoms with Gasteiger partial charge in [-0.3, -0.25) is 5.43 Å². The van der Waals surface area contributed by atoms with E-state index in [-0.39, 0.29) is 5.11 Å². The molecule has 0 aliphatic heterocycles. The molecule has 3 rings (SSSR count). The van der Waals surface area contributed by atoms with Gasteiger partial charge in [0.25, 0.3) is 0 Å². The van der Waals surface area contributed by atoms with Crippen molar-refractivity contribution < 1.29 is 4.42 Å². The molecule has 0 aliphatic rings. The molecule has 2 aromatic carbocycles. The second-order valence-corrected chi connectivity index (χ2v) is 5.38. The SMILES string of the molecule is Cc1cc(/C=N\NC(N)=S)c(C)c2c1oc1ccccc12. The van der Waals surface area contributed by atoms with Crippen molar-refractivity contribution in [1.29, 1.82) is 0 Å². The average Bonchev–Trinajstić information content (AvgIpc) is 2.84. The maximum atomic E-state index is 5.96. The molecule has 0 atom stereocenters. The second-order valence-electron chi connectivity index (χ2n) is 4.94. The fourth-order valence-electron chi connectivity index (χ4n) is 2.55. The summed E-state index contributed by atoms with van der Waals surface area (Å²) < 4.78 is 5.96. The highest BCUT2D eigenvalue weighted by Crippen LogP contribution is 2.34. The van der Waals surface area contributed by atoms with E-state index in [9.17, 15) is 0 Å². The van der Waals surface area contributed by atoms with Gasteiger partial charge in [0.2, 0.25) is 0 Å². The predicted molar refractivity (Wildman–Crippen MR) is 90.7 cm³/mol. The molecule has 0 unspecified atom stereocenters. The van der Waals surface area contributed by atoms with Crippen molar-refractivity contribution in [1.82, 2.24) is 5.43 Å². The number of nitrogens with two attached hydrogens (primary N) is 1. The van der Waals surface area contributed by atoms with E-state index in [1.54, 1.807) is 6.21 Å². The minimum absolute atomic E-state index is 0.149. The lowest BCUT2D eigenvalue weighted by molar-refractivity contribution is 0.665. The lowest BCUT2D eigenvalue weighted by Gasteiger charge is -2.05. The van der Waals surface area contributed by atoms with E-state index in [0.717, 1.165) is 38.6 Å². The molecular weight excluding hydrogens is 282 g/mol. The summed E-state index contributed by atoms with van der Waals surface area (Å²) in [7, 11) is 0. The van der Waals surface area contributed by atoms with Crippen molar-refractivity contribution in [3.05, 3.63) is 47.0 Å². The van der Waals surface area contributed by atoms with E-state index < -0.39 is 0 Å². The van der Waals surface area contributed by atoms with Gasteiger partial charge in [0.05, 0.1) is 6.21 Å². The Kier molecular flexibility index (Phi) is 3.35. The lowest BCUT2D eigenvalue weighted by Crippen LogP contribution is -2.24. The van der Waals surface area contributed by atoms with E-state index in [4.69, 9.17) is 22.4 Å². The molecule has 3 N–H and O–H groups in total. The monoisotopic (exact) mass is 297 g/mol. The van der Waals surface area contributed by atoms with Crippen LogP contribution in [0, 0.1) is 13.8 Å². The summed E-state index contributed by atoms with van der Waals surface area (Å²) in [6.07, 6.45) is 1.72. The van der Waals surface area contributed by atoms with Crippen LogP contribution < -0.4 is 11.2 Å². The third-order valence-corrected chi connectivity index (χ3v) is 3.60. The number of hydrazone groups is 1. The quantitative estimate of drug-likeness (QED) is 0.432. The summed E-state index contributed by atoms with van der Waals surface area (Å²) in [6, 6.07) is 10.1. The molecule has 0 amide bonds. The van der Waals surface area contributed by atoms with Crippen LogP contribution in [0.5, 0.6) is 0 Å². The van der Waals surface area contributed by atoms with Crippen LogP contribution in [0.25, 0.3) is 21.9 Å². The van der Waals surface area contributed by atoms with Gasteiger partial charge in [-0.25, -0.2) is 0 Å². The van der Waals surface area contributed by atoms with Gasteiger partial charge in [-0.2, -0.15) is 5.10 Å². The van der Waals surface area contributed by atoms with Crippen molar-refractivity contribution in [2.24, 2.45) is 10.8 Å². The Morgan fingerprint density at radius 3 is 2.86 bits per heavy atom. The summed E-state index contributed by atoms with van der Waals surface area (Å²) >= 11 is 4.73.